The van der Waals surface area contributed by atoms with Gasteiger partial charge in [-0.25, -0.2) is 0 Å². The first-order valence-electron chi connectivity index (χ1n) is 4.58. The Bertz CT molecular complexity index is 213. The molecule has 0 aliphatic rings. The summed E-state index contributed by atoms with van der Waals surface area (Å²) in [5.74, 6) is 0. The van der Waals surface area contributed by atoms with E-state index < -0.39 is 9.33 Å². The molecule has 0 spiro atoms. The van der Waals surface area contributed by atoms with E-state index in [0.29, 0.717) is 0 Å². The molecule has 0 radical (unpaired) electrons. The minimum Gasteiger partial charge on any atom is -0.255 e. The predicted molar refractivity (Wildman–Crippen MR) is 54.1 cm³/mol. The molecule has 0 N–H and O–H groups in total. The van der Waals surface area contributed by atoms with E-state index in [4.69, 9.17) is 10.7 Å². The van der Waals surface area contributed by atoms with Crippen LogP contribution in [0, 0.1) is 0 Å². The molecule has 0 saturated carbocycles. The fourth-order valence-electron chi connectivity index (χ4n) is 1.10. The zero-order chi connectivity index (χ0) is 10.3. The van der Waals surface area contributed by atoms with E-state index in [2.05, 4.69) is 11.1 Å². The van der Waals surface area contributed by atoms with Crippen molar-refractivity contribution in [2.24, 2.45) is 0 Å². The normalized spacial score (nSPS) is 14.4. The Balaban J connectivity index is 3.47. The first-order chi connectivity index (χ1) is 5.95. The lowest BCUT2D eigenvalue weighted by Crippen LogP contribution is -2.10. The van der Waals surface area contributed by atoms with Crippen molar-refractivity contribution >= 4 is 20.0 Å². The summed E-state index contributed by atoms with van der Waals surface area (Å²) in [6.45, 7) is 3.84. The molecule has 0 heterocycles. The van der Waals surface area contributed by atoms with Crippen LogP contribution in [0.25, 0.3) is 0 Å². The van der Waals surface area contributed by atoms with Crippen molar-refractivity contribution in [2.45, 2.75) is 52.1 Å². The summed E-state index contributed by atoms with van der Waals surface area (Å²) < 4.78 is 25.5. The van der Waals surface area contributed by atoms with Crippen molar-refractivity contribution in [1.29, 1.82) is 0 Å². The molecule has 0 bridgehead atoms. The SMILES string of the molecule is CCCCCC[C@H](C)OS(=O)(=O)Cl. The second-order valence-electron chi connectivity index (χ2n) is 3.15. The molecule has 0 aromatic rings. The van der Waals surface area contributed by atoms with Gasteiger partial charge in [0.15, 0.2) is 0 Å². The monoisotopic (exact) mass is 228 g/mol. The van der Waals surface area contributed by atoms with Crippen molar-refractivity contribution in [3.05, 3.63) is 0 Å². The second-order valence-corrected chi connectivity index (χ2v) is 5.26. The lowest BCUT2D eigenvalue weighted by molar-refractivity contribution is 0.220. The van der Waals surface area contributed by atoms with Crippen LogP contribution in [0.3, 0.4) is 0 Å². The van der Waals surface area contributed by atoms with Crippen LogP contribution in [0.1, 0.15) is 46.0 Å². The Labute approximate surface area is 85.0 Å². The van der Waals surface area contributed by atoms with Crippen LogP contribution in [0.2, 0.25) is 0 Å². The summed E-state index contributed by atoms with van der Waals surface area (Å²) in [6, 6.07) is 0. The third-order valence-electron chi connectivity index (χ3n) is 1.74. The van der Waals surface area contributed by atoms with Gasteiger partial charge >= 0.3 is 9.33 Å². The molecule has 13 heavy (non-hydrogen) atoms. The molecule has 0 amide bonds. The topological polar surface area (TPSA) is 43.4 Å². The lowest BCUT2D eigenvalue weighted by atomic mass is 10.1. The van der Waals surface area contributed by atoms with Crippen LogP contribution in [0.5, 0.6) is 0 Å². The van der Waals surface area contributed by atoms with Crippen LogP contribution in [0.15, 0.2) is 0 Å². The summed E-state index contributed by atoms with van der Waals surface area (Å²) in [7, 11) is 1.12. The highest BCUT2D eigenvalue weighted by atomic mass is 35.7. The standard InChI is InChI=1S/C8H17ClO3S/c1-3-4-5-6-7-8(2)12-13(9,10)11/h8H,3-7H2,1-2H3/t8-/m0/s1. The average Bonchev–Trinajstić information content (AvgIpc) is 1.94. The fourth-order valence-corrected chi connectivity index (χ4v) is 1.96. The van der Waals surface area contributed by atoms with Gasteiger partial charge in [0.25, 0.3) is 0 Å². The molecular weight excluding hydrogens is 212 g/mol. The first kappa shape index (κ1) is 13.2. The number of unbranched alkanes of at least 4 members (excludes halogenated alkanes) is 3. The fraction of sp³-hybridized carbons (Fsp3) is 1.00. The van der Waals surface area contributed by atoms with Gasteiger partial charge in [0.2, 0.25) is 0 Å². The molecule has 80 valence electrons. The van der Waals surface area contributed by atoms with Crippen molar-refractivity contribution in [3.8, 4) is 0 Å². The molecule has 0 aromatic heterocycles. The average molecular weight is 229 g/mol. The van der Waals surface area contributed by atoms with E-state index >= 15 is 0 Å². The maximum absolute atomic E-state index is 10.5. The first-order valence-corrected chi connectivity index (χ1v) is 6.82. The highest BCUT2D eigenvalue weighted by Gasteiger charge is 2.11. The van der Waals surface area contributed by atoms with Gasteiger partial charge in [0, 0.05) is 10.7 Å². The van der Waals surface area contributed by atoms with Crippen molar-refractivity contribution in [3.63, 3.8) is 0 Å². The summed E-state index contributed by atoms with van der Waals surface area (Å²) >= 11 is 0. The second kappa shape index (κ2) is 6.62. The molecule has 5 heteroatoms. The molecule has 0 saturated heterocycles. The smallest absolute Gasteiger partial charge is 0.255 e. The van der Waals surface area contributed by atoms with Gasteiger partial charge in [0.1, 0.15) is 0 Å². The summed E-state index contributed by atoms with van der Waals surface area (Å²) in [5, 5.41) is 0. The summed E-state index contributed by atoms with van der Waals surface area (Å²) in [6.07, 6.45) is 4.89. The zero-order valence-electron chi connectivity index (χ0n) is 8.12. The zero-order valence-corrected chi connectivity index (χ0v) is 9.70. The van der Waals surface area contributed by atoms with Gasteiger partial charge in [-0.05, 0) is 13.3 Å². The Morgan fingerprint density at radius 3 is 2.38 bits per heavy atom. The summed E-state index contributed by atoms with van der Waals surface area (Å²) in [4.78, 5) is 0. The molecule has 3 nitrogen and oxygen atoms in total. The van der Waals surface area contributed by atoms with E-state index in [1.807, 2.05) is 0 Å². The Hall–Kier alpha value is 0.200. The molecule has 0 aliphatic heterocycles. The van der Waals surface area contributed by atoms with Crippen molar-refractivity contribution in [1.82, 2.24) is 0 Å². The van der Waals surface area contributed by atoms with Crippen molar-refractivity contribution < 1.29 is 12.6 Å². The van der Waals surface area contributed by atoms with Crippen LogP contribution in [-0.4, -0.2) is 14.5 Å². The lowest BCUT2D eigenvalue weighted by Gasteiger charge is -2.08. The molecule has 1 atom stereocenters. The van der Waals surface area contributed by atoms with Crippen LogP contribution >= 0.6 is 10.7 Å². The van der Waals surface area contributed by atoms with Gasteiger partial charge < -0.3 is 0 Å². The number of halogens is 1. The van der Waals surface area contributed by atoms with Gasteiger partial charge in [-0.15, -0.1) is 0 Å². The molecule has 0 fully saturated rings. The third-order valence-corrected chi connectivity index (χ3v) is 2.52. The largest absolute Gasteiger partial charge is 0.355 e. The van der Waals surface area contributed by atoms with Gasteiger partial charge in [-0.3, -0.25) is 4.18 Å². The van der Waals surface area contributed by atoms with Crippen molar-refractivity contribution in [2.75, 3.05) is 0 Å². The summed E-state index contributed by atoms with van der Waals surface area (Å²) in [5.41, 5.74) is 0. The van der Waals surface area contributed by atoms with E-state index in [1.54, 1.807) is 6.92 Å². The highest BCUT2D eigenvalue weighted by molar-refractivity contribution is 8.10. The minimum absolute atomic E-state index is 0.306. The molecule has 0 aliphatic carbocycles. The Morgan fingerprint density at radius 1 is 1.31 bits per heavy atom. The molecule has 0 unspecified atom stereocenters. The van der Waals surface area contributed by atoms with Crippen LogP contribution in [-0.2, 0) is 13.5 Å². The number of hydrogen-bond acceptors (Lipinski definition) is 3. The van der Waals surface area contributed by atoms with E-state index in [9.17, 15) is 8.42 Å². The van der Waals surface area contributed by atoms with Crippen LogP contribution < -0.4 is 0 Å². The Morgan fingerprint density at radius 2 is 1.92 bits per heavy atom. The van der Waals surface area contributed by atoms with E-state index in [0.717, 1.165) is 19.3 Å². The quantitative estimate of drug-likeness (QED) is 0.497. The maximum Gasteiger partial charge on any atom is 0.355 e. The third kappa shape index (κ3) is 10.1. The van der Waals surface area contributed by atoms with Gasteiger partial charge in [0.05, 0.1) is 6.10 Å². The minimum atomic E-state index is -3.79. The number of hydrogen-bond donors (Lipinski definition) is 0. The van der Waals surface area contributed by atoms with Gasteiger partial charge in [-0.2, -0.15) is 8.42 Å². The Kier molecular flexibility index (Phi) is 6.73. The van der Waals surface area contributed by atoms with E-state index in [1.165, 1.54) is 12.8 Å². The molecule has 0 aromatic carbocycles. The molecular formula is C8H17ClO3S. The highest BCUT2D eigenvalue weighted by Crippen LogP contribution is 2.11. The van der Waals surface area contributed by atoms with E-state index in [-0.39, 0.29) is 6.10 Å². The van der Waals surface area contributed by atoms with Crippen LogP contribution in [0.4, 0.5) is 0 Å². The number of rotatable bonds is 7. The molecule has 0 rings (SSSR count). The maximum atomic E-state index is 10.5. The van der Waals surface area contributed by atoms with Gasteiger partial charge in [-0.1, -0.05) is 32.6 Å². The predicted octanol–water partition coefficient (Wildman–Crippen LogP) is 2.85.